The van der Waals surface area contributed by atoms with Crippen molar-refractivity contribution in [1.82, 2.24) is 15.0 Å². The van der Waals surface area contributed by atoms with E-state index in [1.807, 2.05) is 30.3 Å². The molecule has 1 fully saturated rings. The lowest BCUT2D eigenvalue weighted by atomic mass is 9.95. The SMILES string of the molecule is Cc1ccc(C(C(=O)NCc2ccccc2)N(C(=O)c2snc(C(=O)NC3CCCCC3)c2N)c2cccc(F)c2)o1. The van der Waals surface area contributed by atoms with Gasteiger partial charge in [0.1, 0.15) is 22.2 Å². The van der Waals surface area contributed by atoms with E-state index >= 15 is 0 Å². The van der Waals surface area contributed by atoms with Crippen LogP contribution in [-0.4, -0.2) is 28.1 Å². The van der Waals surface area contributed by atoms with Gasteiger partial charge in [-0.1, -0.05) is 55.7 Å². The fourth-order valence-electron chi connectivity index (χ4n) is 5.09. The van der Waals surface area contributed by atoms with Gasteiger partial charge < -0.3 is 20.8 Å². The molecule has 0 spiro atoms. The van der Waals surface area contributed by atoms with E-state index in [9.17, 15) is 18.8 Å². The number of nitrogens with zero attached hydrogens (tertiary/aromatic N) is 2. The minimum atomic E-state index is -1.32. The summed E-state index contributed by atoms with van der Waals surface area (Å²) in [5.41, 5.74) is 7.16. The second-order valence-electron chi connectivity index (χ2n) is 10.3. The maximum absolute atomic E-state index is 14.5. The molecule has 4 N–H and O–H groups in total. The number of anilines is 2. The molecule has 1 aliphatic carbocycles. The predicted molar refractivity (Wildman–Crippen MR) is 159 cm³/mol. The van der Waals surface area contributed by atoms with Gasteiger partial charge in [-0.25, -0.2) is 4.39 Å². The first-order valence-corrected chi connectivity index (χ1v) is 14.6. The van der Waals surface area contributed by atoms with Gasteiger partial charge in [0.15, 0.2) is 11.7 Å². The number of carbonyl (C=O) groups excluding carboxylic acids is 3. The molecule has 3 amide bonds. The molecule has 1 unspecified atom stereocenters. The van der Waals surface area contributed by atoms with Crippen molar-refractivity contribution >= 4 is 40.6 Å². The van der Waals surface area contributed by atoms with Crippen molar-refractivity contribution in [3.05, 3.63) is 100 Å². The van der Waals surface area contributed by atoms with E-state index in [-0.39, 0.29) is 40.3 Å². The first kappa shape index (κ1) is 29.0. The van der Waals surface area contributed by atoms with Gasteiger partial charge in [0.25, 0.3) is 17.7 Å². The summed E-state index contributed by atoms with van der Waals surface area (Å²) in [5, 5.41) is 5.84. The molecular formula is C31H32FN5O4S. The Morgan fingerprint density at radius 2 is 1.83 bits per heavy atom. The van der Waals surface area contributed by atoms with Crippen LogP contribution in [0.15, 0.2) is 71.1 Å². The molecule has 1 atom stereocenters. The van der Waals surface area contributed by atoms with Crippen molar-refractivity contribution in [2.45, 2.75) is 57.7 Å². The minimum Gasteiger partial charge on any atom is -0.464 e. The maximum Gasteiger partial charge on any atom is 0.273 e. The minimum absolute atomic E-state index is 0.0233. The van der Waals surface area contributed by atoms with Crippen molar-refractivity contribution < 1.29 is 23.2 Å². The number of hydrogen-bond donors (Lipinski definition) is 3. The lowest BCUT2D eigenvalue weighted by molar-refractivity contribution is -0.123. The highest BCUT2D eigenvalue weighted by molar-refractivity contribution is 7.09. The zero-order valence-electron chi connectivity index (χ0n) is 23.1. The van der Waals surface area contributed by atoms with Crippen LogP contribution in [0.3, 0.4) is 0 Å². The molecule has 11 heteroatoms. The highest BCUT2D eigenvalue weighted by Crippen LogP contribution is 2.34. The van der Waals surface area contributed by atoms with Crippen LogP contribution in [-0.2, 0) is 11.3 Å². The van der Waals surface area contributed by atoms with Crippen LogP contribution in [0.5, 0.6) is 0 Å². The molecule has 218 valence electrons. The highest BCUT2D eigenvalue weighted by atomic mass is 32.1. The number of rotatable bonds is 9. The third kappa shape index (κ3) is 6.52. The van der Waals surface area contributed by atoms with Crippen molar-refractivity contribution in [2.75, 3.05) is 10.6 Å². The van der Waals surface area contributed by atoms with Crippen molar-refractivity contribution in [2.24, 2.45) is 0 Å². The fourth-order valence-corrected chi connectivity index (χ4v) is 5.83. The summed E-state index contributed by atoms with van der Waals surface area (Å²) >= 11 is 0.758. The summed E-state index contributed by atoms with van der Waals surface area (Å²) in [6.07, 6.45) is 4.94. The monoisotopic (exact) mass is 589 g/mol. The van der Waals surface area contributed by atoms with Gasteiger partial charge in [-0.05, 0) is 67.2 Å². The Morgan fingerprint density at radius 1 is 1.07 bits per heavy atom. The molecule has 2 heterocycles. The average molecular weight is 590 g/mol. The number of aromatic nitrogens is 1. The Morgan fingerprint density at radius 3 is 2.52 bits per heavy atom. The van der Waals surface area contributed by atoms with Crippen LogP contribution < -0.4 is 21.3 Å². The number of furan rings is 1. The molecule has 9 nitrogen and oxygen atoms in total. The number of halogens is 1. The molecule has 4 aromatic rings. The Kier molecular flexibility index (Phi) is 8.97. The number of hydrogen-bond acceptors (Lipinski definition) is 7. The molecule has 2 aromatic carbocycles. The van der Waals surface area contributed by atoms with E-state index in [0.717, 1.165) is 60.2 Å². The highest BCUT2D eigenvalue weighted by Gasteiger charge is 2.38. The third-order valence-corrected chi connectivity index (χ3v) is 8.08. The lowest BCUT2D eigenvalue weighted by Gasteiger charge is -2.29. The van der Waals surface area contributed by atoms with E-state index in [0.29, 0.717) is 5.76 Å². The summed E-state index contributed by atoms with van der Waals surface area (Å²) < 4.78 is 24.5. The standard InChI is InChI=1S/C31H32FN5O4S/c1-19-15-16-24(41-19)27(30(39)34-18-20-9-4-2-5-10-20)37(23-14-8-11-21(32)17-23)31(40)28-25(33)26(36-42-28)29(38)35-22-12-6-3-7-13-22/h2,4-5,8-11,14-17,22,27H,3,6-7,12-13,18,33H2,1H3,(H,34,39)(H,35,38). The second-order valence-corrected chi connectivity index (χ2v) is 11.1. The molecule has 42 heavy (non-hydrogen) atoms. The summed E-state index contributed by atoms with van der Waals surface area (Å²) in [7, 11) is 0. The van der Waals surface area contributed by atoms with E-state index in [1.165, 1.54) is 18.2 Å². The zero-order chi connectivity index (χ0) is 29.6. The van der Waals surface area contributed by atoms with E-state index < -0.39 is 29.6 Å². The van der Waals surface area contributed by atoms with Gasteiger partial charge in [-0.2, -0.15) is 4.37 Å². The largest absolute Gasteiger partial charge is 0.464 e. The van der Waals surface area contributed by atoms with Crippen LogP contribution in [0.4, 0.5) is 15.8 Å². The molecule has 5 rings (SSSR count). The van der Waals surface area contributed by atoms with Crippen LogP contribution >= 0.6 is 11.5 Å². The first-order valence-electron chi connectivity index (χ1n) is 13.8. The molecule has 1 aliphatic rings. The smallest absolute Gasteiger partial charge is 0.273 e. The summed E-state index contributed by atoms with van der Waals surface area (Å²) in [6, 6.07) is 16.6. The first-order chi connectivity index (χ1) is 20.3. The van der Waals surface area contributed by atoms with Gasteiger partial charge in [-0.3, -0.25) is 19.3 Å². The molecule has 0 radical (unpaired) electrons. The number of nitrogen functional groups attached to an aromatic ring is 1. The van der Waals surface area contributed by atoms with Crippen LogP contribution in [0.25, 0.3) is 0 Å². The molecule has 0 saturated heterocycles. The van der Waals surface area contributed by atoms with Crippen molar-refractivity contribution in [3.63, 3.8) is 0 Å². The number of amides is 3. The van der Waals surface area contributed by atoms with Crippen LogP contribution in [0.1, 0.15) is 75.4 Å². The molecule has 2 aromatic heterocycles. The number of aryl methyl sites for hydroxylation is 1. The number of benzene rings is 2. The Bertz CT molecular complexity index is 1560. The maximum atomic E-state index is 14.5. The topological polar surface area (TPSA) is 131 Å². The average Bonchev–Trinajstić information content (AvgIpc) is 3.60. The summed E-state index contributed by atoms with van der Waals surface area (Å²) in [4.78, 5) is 42.2. The Labute approximate surface area is 247 Å². The molecule has 1 saturated carbocycles. The van der Waals surface area contributed by atoms with E-state index in [2.05, 4.69) is 15.0 Å². The molecule has 0 bridgehead atoms. The van der Waals surface area contributed by atoms with Gasteiger partial charge in [-0.15, -0.1) is 0 Å². The van der Waals surface area contributed by atoms with E-state index in [1.54, 1.807) is 19.1 Å². The van der Waals surface area contributed by atoms with E-state index in [4.69, 9.17) is 10.2 Å². The summed E-state index contributed by atoms with van der Waals surface area (Å²) in [6.45, 7) is 1.91. The van der Waals surface area contributed by atoms with Crippen molar-refractivity contribution in [3.8, 4) is 0 Å². The fraction of sp³-hybridized carbons (Fsp3) is 0.290. The normalized spacial score (nSPS) is 14.2. The van der Waals surface area contributed by atoms with Crippen LogP contribution in [0.2, 0.25) is 0 Å². The Balaban J connectivity index is 1.51. The predicted octanol–water partition coefficient (Wildman–Crippen LogP) is 5.53. The number of nitrogens with two attached hydrogens (primary N) is 1. The van der Waals surface area contributed by atoms with Crippen LogP contribution in [0, 0.1) is 12.7 Å². The molecular weight excluding hydrogens is 557 g/mol. The second kappa shape index (κ2) is 13.0. The quantitative estimate of drug-likeness (QED) is 0.235. The van der Waals surface area contributed by atoms with Gasteiger partial charge in [0, 0.05) is 18.3 Å². The Hall–Kier alpha value is -4.51. The third-order valence-electron chi connectivity index (χ3n) is 7.23. The lowest BCUT2D eigenvalue weighted by Crippen LogP contribution is -2.44. The van der Waals surface area contributed by atoms with Gasteiger partial charge >= 0.3 is 0 Å². The molecule has 0 aliphatic heterocycles. The van der Waals surface area contributed by atoms with Gasteiger partial charge in [0.05, 0.1) is 5.69 Å². The summed E-state index contributed by atoms with van der Waals surface area (Å²) in [5.74, 6) is -1.63. The van der Waals surface area contributed by atoms with Crippen molar-refractivity contribution in [1.29, 1.82) is 0 Å². The zero-order valence-corrected chi connectivity index (χ0v) is 24.0. The van der Waals surface area contributed by atoms with Gasteiger partial charge in [0.2, 0.25) is 0 Å². The number of carbonyl (C=O) groups is 3. The number of nitrogens with one attached hydrogen (secondary N) is 2.